The summed E-state index contributed by atoms with van der Waals surface area (Å²) < 4.78 is 11.2. The molecule has 1 amide bonds. The molecule has 1 saturated heterocycles. The van der Waals surface area contributed by atoms with Gasteiger partial charge in [0.05, 0.1) is 24.3 Å². The zero-order valence-corrected chi connectivity index (χ0v) is 13.9. The summed E-state index contributed by atoms with van der Waals surface area (Å²) in [5.74, 6) is 1.41. The minimum absolute atomic E-state index is 0.129. The van der Waals surface area contributed by atoms with E-state index >= 15 is 0 Å². The van der Waals surface area contributed by atoms with Crippen LogP contribution in [0.5, 0.6) is 0 Å². The number of rotatable bonds is 3. The molecule has 2 heterocycles. The maximum atomic E-state index is 13.0. The molecule has 1 aromatic heterocycles. The van der Waals surface area contributed by atoms with Crippen LogP contribution < -0.4 is 0 Å². The van der Waals surface area contributed by atoms with E-state index in [0.29, 0.717) is 36.1 Å². The van der Waals surface area contributed by atoms with Gasteiger partial charge in [-0.3, -0.25) is 4.79 Å². The Balaban J connectivity index is 1.62. The molecule has 2 fully saturated rings. The first kappa shape index (κ1) is 15.8. The Bertz CT molecular complexity index is 820. The largest absolute Gasteiger partial charge is 0.374 e. The molecule has 1 aliphatic heterocycles. The predicted molar refractivity (Wildman–Crippen MR) is 86.6 cm³/mol. The number of ether oxygens (including phenoxy) is 1. The number of carbonyl (C=O) groups is 1. The Morgan fingerprint density at radius 1 is 1.32 bits per heavy atom. The van der Waals surface area contributed by atoms with Gasteiger partial charge in [0, 0.05) is 18.0 Å². The van der Waals surface area contributed by atoms with Crippen molar-refractivity contribution >= 4 is 5.91 Å². The van der Waals surface area contributed by atoms with Gasteiger partial charge in [-0.1, -0.05) is 5.16 Å². The molecule has 128 valence electrons. The lowest BCUT2D eigenvalue weighted by atomic mass is 10.1. The first-order chi connectivity index (χ1) is 12.2. The van der Waals surface area contributed by atoms with Crippen molar-refractivity contribution in [3.8, 4) is 6.07 Å². The summed E-state index contributed by atoms with van der Waals surface area (Å²) in [5, 5.41) is 13.0. The van der Waals surface area contributed by atoms with Crippen molar-refractivity contribution in [3.05, 3.63) is 47.1 Å². The summed E-state index contributed by atoms with van der Waals surface area (Å²) in [5.41, 5.74) is 1.05. The van der Waals surface area contributed by atoms with E-state index in [1.165, 1.54) is 0 Å². The third-order valence-electron chi connectivity index (χ3n) is 4.67. The van der Waals surface area contributed by atoms with Crippen LogP contribution in [0.4, 0.5) is 0 Å². The Hall–Kier alpha value is -2.72. The highest BCUT2D eigenvalue weighted by atomic mass is 16.5. The SMILES string of the molecule is C[C@H]1OCCN(C(=O)c2ccc(C#N)cc2)[C@@H]1c1nc(C2CC2)no1. The number of aromatic nitrogens is 2. The van der Waals surface area contributed by atoms with Crippen LogP contribution in [-0.2, 0) is 4.74 Å². The first-order valence-corrected chi connectivity index (χ1v) is 8.43. The van der Waals surface area contributed by atoms with E-state index in [2.05, 4.69) is 16.2 Å². The highest BCUT2D eigenvalue weighted by Crippen LogP contribution is 2.39. The number of morpholine rings is 1. The van der Waals surface area contributed by atoms with Crippen molar-refractivity contribution in [2.24, 2.45) is 0 Å². The standard InChI is InChI=1S/C18H18N4O3/c1-11-15(17-20-16(21-25-17)13-6-7-13)22(8-9-24-11)18(23)14-4-2-12(10-19)3-5-14/h2-5,11,13,15H,6-9H2,1H3/t11-,15+/m1/s1. The lowest BCUT2D eigenvalue weighted by molar-refractivity contribution is -0.0600. The molecule has 1 aromatic carbocycles. The van der Waals surface area contributed by atoms with E-state index < -0.39 is 6.04 Å². The maximum absolute atomic E-state index is 13.0. The summed E-state index contributed by atoms with van der Waals surface area (Å²) >= 11 is 0. The van der Waals surface area contributed by atoms with E-state index in [-0.39, 0.29) is 12.0 Å². The number of nitriles is 1. The minimum atomic E-state index is -0.406. The normalized spacial score (nSPS) is 23.3. The second kappa shape index (κ2) is 6.30. The first-order valence-electron chi connectivity index (χ1n) is 8.43. The van der Waals surface area contributed by atoms with Crippen LogP contribution in [0, 0.1) is 11.3 Å². The zero-order valence-electron chi connectivity index (χ0n) is 13.9. The van der Waals surface area contributed by atoms with Gasteiger partial charge in [-0.15, -0.1) is 0 Å². The molecule has 2 aromatic rings. The van der Waals surface area contributed by atoms with Crippen LogP contribution >= 0.6 is 0 Å². The van der Waals surface area contributed by atoms with Crippen LogP contribution in [0.15, 0.2) is 28.8 Å². The topological polar surface area (TPSA) is 92.2 Å². The molecule has 7 heteroatoms. The highest BCUT2D eigenvalue weighted by Gasteiger charge is 2.39. The van der Waals surface area contributed by atoms with Gasteiger partial charge >= 0.3 is 0 Å². The van der Waals surface area contributed by atoms with Crippen LogP contribution in [0.2, 0.25) is 0 Å². The minimum Gasteiger partial charge on any atom is -0.374 e. The fraction of sp³-hybridized carbons (Fsp3) is 0.444. The quantitative estimate of drug-likeness (QED) is 0.853. The molecule has 0 spiro atoms. The molecule has 7 nitrogen and oxygen atoms in total. The molecule has 0 unspecified atom stereocenters. The van der Waals surface area contributed by atoms with Crippen molar-refractivity contribution in [2.75, 3.05) is 13.2 Å². The fourth-order valence-electron chi connectivity index (χ4n) is 3.11. The molecule has 1 saturated carbocycles. The van der Waals surface area contributed by atoms with Gasteiger partial charge in [0.1, 0.15) is 6.04 Å². The number of carbonyl (C=O) groups excluding carboxylic acids is 1. The van der Waals surface area contributed by atoms with E-state index in [4.69, 9.17) is 14.5 Å². The van der Waals surface area contributed by atoms with Crippen LogP contribution in [0.1, 0.15) is 59.4 Å². The van der Waals surface area contributed by atoms with Gasteiger partial charge < -0.3 is 14.2 Å². The predicted octanol–water partition coefficient (Wildman–Crippen LogP) is 2.42. The molecule has 25 heavy (non-hydrogen) atoms. The third kappa shape index (κ3) is 3.01. The van der Waals surface area contributed by atoms with Crippen molar-refractivity contribution in [1.82, 2.24) is 15.0 Å². The molecule has 1 aliphatic carbocycles. The molecule has 0 radical (unpaired) electrons. The summed E-state index contributed by atoms with van der Waals surface area (Å²) in [7, 11) is 0. The van der Waals surface area contributed by atoms with Gasteiger partial charge in [-0.2, -0.15) is 10.2 Å². The van der Waals surface area contributed by atoms with Gasteiger partial charge in [0.25, 0.3) is 11.8 Å². The van der Waals surface area contributed by atoms with Gasteiger partial charge in [0.2, 0.25) is 0 Å². The van der Waals surface area contributed by atoms with E-state index in [1.807, 2.05) is 6.92 Å². The summed E-state index contributed by atoms with van der Waals surface area (Å²) in [6, 6.07) is 8.27. The second-order valence-electron chi connectivity index (χ2n) is 6.47. The molecule has 2 atom stereocenters. The zero-order chi connectivity index (χ0) is 17.4. The monoisotopic (exact) mass is 338 g/mol. The van der Waals surface area contributed by atoms with E-state index in [0.717, 1.165) is 18.7 Å². The summed E-state index contributed by atoms with van der Waals surface area (Å²) in [4.78, 5) is 19.2. The van der Waals surface area contributed by atoms with Crippen molar-refractivity contribution in [3.63, 3.8) is 0 Å². The van der Waals surface area contributed by atoms with Gasteiger partial charge in [0.15, 0.2) is 5.82 Å². The number of nitrogens with zero attached hydrogens (tertiary/aromatic N) is 4. The lowest BCUT2D eigenvalue weighted by Crippen LogP contribution is -2.47. The second-order valence-corrected chi connectivity index (χ2v) is 6.47. The number of hydrogen-bond acceptors (Lipinski definition) is 6. The Kier molecular flexibility index (Phi) is 3.98. The van der Waals surface area contributed by atoms with Crippen LogP contribution in [0.25, 0.3) is 0 Å². The average molecular weight is 338 g/mol. The number of amides is 1. The average Bonchev–Trinajstić information content (AvgIpc) is 3.39. The van der Waals surface area contributed by atoms with Crippen molar-refractivity contribution in [2.45, 2.75) is 37.8 Å². The highest BCUT2D eigenvalue weighted by molar-refractivity contribution is 5.94. The lowest BCUT2D eigenvalue weighted by Gasteiger charge is -2.37. The Labute approximate surface area is 145 Å². The van der Waals surface area contributed by atoms with Crippen molar-refractivity contribution < 1.29 is 14.1 Å². The van der Waals surface area contributed by atoms with E-state index in [9.17, 15) is 4.79 Å². The van der Waals surface area contributed by atoms with E-state index in [1.54, 1.807) is 29.2 Å². The summed E-state index contributed by atoms with van der Waals surface area (Å²) in [6.07, 6.45) is 1.94. The molecular weight excluding hydrogens is 320 g/mol. The van der Waals surface area contributed by atoms with Gasteiger partial charge in [-0.05, 0) is 44.0 Å². The number of hydrogen-bond donors (Lipinski definition) is 0. The number of benzene rings is 1. The smallest absolute Gasteiger partial charge is 0.254 e. The van der Waals surface area contributed by atoms with Crippen LogP contribution in [-0.4, -0.2) is 40.2 Å². The van der Waals surface area contributed by atoms with Crippen LogP contribution in [0.3, 0.4) is 0 Å². The Morgan fingerprint density at radius 2 is 2.08 bits per heavy atom. The molecule has 2 aliphatic rings. The molecule has 4 rings (SSSR count). The third-order valence-corrected chi connectivity index (χ3v) is 4.67. The fourth-order valence-corrected chi connectivity index (χ4v) is 3.11. The van der Waals surface area contributed by atoms with Gasteiger partial charge in [-0.25, -0.2) is 0 Å². The molecular formula is C18H18N4O3. The Morgan fingerprint density at radius 3 is 2.76 bits per heavy atom. The molecule has 0 N–H and O–H groups in total. The maximum Gasteiger partial charge on any atom is 0.254 e. The van der Waals surface area contributed by atoms with Crippen molar-refractivity contribution in [1.29, 1.82) is 5.26 Å². The molecule has 0 bridgehead atoms. The summed E-state index contributed by atoms with van der Waals surface area (Å²) in [6.45, 7) is 2.82.